The van der Waals surface area contributed by atoms with Gasteiger partial charge in [-0.25, -0.2) is 0 Å². The number of nitrogens with one attached hydrogen (secondary N) is 2. The highest BCUT2D eigenvalue weighted by Crippen LogP contribution is 2.16. The molecule has 1 aromatic heterocycles. The van der Waals surface area contributed by atoms with Crippen LogP contribution in [0.5, 0.6) is 0 Å². The Labute approximate surface area is 161 Å². The number of rotatable bonds is 6. The summed E-state index contributed by atoms with van der Waals surface area (Å²) in [4.78, 5) is 12.2. The lowest BCUT2D eigenvalue weighted by Gasteiger charge is -2.08. The highest BCUT2D eigenvalue weighted by molar-refractivity contribution is 6.31. The number of amides is 1. The smallest absolute Gasteiger partial charge is 0.272 e. The number of nitrogens with zero attached hydrogens (tertiary/aromatic N) is 2. The molecule has 0 unspecified atom stereocenters. The van der Waals surface area contributed by atoms with Crippen LogP contribution in [0.15, 0.2) is 60.7 Å². The molecule has 7 heteroatoms. The highest BCUT2D eigenvalue weighted by Gasteiger charge is 2.09. The molecule has 3 rings (SSSR count). The molecule has 3 aromatic rings. The molecule has 1 amide bonds. The van der Waals surface area contributed by atoms with E-state index in [0.717, 1.165) is 11.1 Å². The third kappa shape index (κ3) is 4.71. The monoisotopic (exact) mass is 386 g/mol. The molecule has 2 N–H and O–H groups in total. The molecule has 5 nitrogen and oxygen atoms in total. The fourth-order valence-corrected chi connectivity index (χ4v) is 2.69. The molecule has 0 saturated heterocycles. The van der Waals surface area contributed by atoms with E-state index in [1.165, 1.54) is 0 Å². The summed E-state index contributed by atoms with van der Waals surface area (Å²) in [5, 5.41) is 15.2. The SMILES string of the molecule is O=C(NCc1ccccc1Cl)c1ccc(NCc2ccccc2Cl)nn1. The van der Waals surface area contributed by atoms with Crippen LogP contribution in [0.2, 0.25) is 10.0 Å². The molecule has 0 radical (unpaired) electrons. The first-order valence-electron chi connectivity index (χ1n) is 7.96. The molecule has 0 saturated carbocycles. The van der Waals surface area contributed by atoms with Crippen molar-refractivity contribution in [2.45, 2.75) is 13.1 Å². The molecule has 0 bridgehead atoms. The van der Waals surface area contributed by atoms with E-state index in [9.17, 15) is 4.79 Å². The summed E-state index contributed by atoms with van der Waals surface area (Å²) < 4.78 is 0. The van der Waals surface area contributed by atoms with Crippen LogP contribution in [0.1, 0.15) is 21.6 Å². The predicted molar refractivity (Wildman–Crippen MR) is 103 cm³/mol. The Morgan fingerprint density at radius 2 is 1.42 bits per heavy atom. The van der Waals surface area contributed by atoms with Crippen molar-refractivity contribution < 1.29 is 4.79 Å². The Balaban J connectivity index is 1.56. The quantitative estimate of drug-likeness (QED) is 0.661. The standard InChI is InChI=1S/C19H16Cl2N4O/c20-15-7-3-1-5-13(15)11-22-18-10-9-17(24-25-18)19(26)23-12-14-6-2-4-8-16(14)21/h1-10H,11-12H2,(H,22,25)(H,23,26). The molecule has 26 heavy (non-hydrogen) atoms. The van der Waals surface area contributed by atoms with Crippen LogP contribution in [-0.2, 0) is 13.1 Å². The molecule has 132 valence electrons. The third-order valence-electron chi connectivity index (χ3n) is 3.71. The fraction of sp³-hybridized carbons (Fsp3) is 0.105. The Bertz CT molecular complexity index is 900. The first-order chi connectivity index (χ1) is 12.6. The van der Waals surface area contributed by atoms with Gasteiger partial charge in [0.15, 0.2) is 5.69 Å². The lowest BCUT2D eigenvalue weighted by Crippen LogP contribution is -2.24. The molecule has 1 heterocycles. The van der Waals surface area contributed by atoms with Gasteiger partial charge >= 0.3 is 0 Å². The Morgan fingerprint density at radius 3 is 2.00 bits per heavy atom. The predicted octanol–water partition coefficient (Wildman–Crippen LogP) is 4.33. The molecular weight excluding hydrogens is 371 g/mol. The number of aromatic nitrogens is 2. The van der Waals surface area contributed by atoms with Gasteiger partial charge in [-0.3, -0.25) is 4.79 Å². The summed E-state index contributed by atoms with van der Waals surface area (Å²) >= 11 is 12.2. The summed E-state index contributed by atoms with van der Waals surface area (Å²) in [6.07, 6.45) is 0. The fourth-order valence-electron chi connectivity index (χ4n) is 2.28. The van der Waals surface area contributed by atoms with Gasteiger partial charge in [-0.2, -0.15) is 0 Å². The van der Waals surface area contributed by atoms with E-state index in [-0.39, 0.29) is 11.6 Å². The largest absolute Gasteiger partial charge is 0.364 e. The van der Waals surface area contributed by atoms with Crippen LogP contribution in [0.3, 0.4) is 0 Å². The van der Waals surface area contributed by atoms with Gasteiger partial charge < -0.3 is 10.6 Å². The number of hydrogen-bond acceptors (Lipinski definition) is 4. The highest BCUT2D eigenvalue weighted by atomic mass is 35.5. The average molecular weight is 387 g/mol. The van der Waals surface area contributed by atoms with E-state index in [1.54, 1.807) is 18.2 Å². The van der Waals surface area contributed by atoms with E-state index >= 15 is 0 Å². The second-order valence-electron chi connectivity index (χ2n) is 5.52. The second-order valence-corrected chi connectivity index (χ2v) is 6.34. The van der Waals surface area contributed by atoms with Crippen LogP contribution in [-0.4, -0.2) is 16.1 Å². The van der Waals surface area contributed by atoms with Crippen molar-refractivity contribution in [3.63, 3.8) is 0 Å². The number of hydrogen-bond donors (Lipinski definition) is 2. The van der Waals surface area contributed by atoms with Gasteiger partial charge in [-0.05, 0) is 35.4 Å². The maximum absolute atomic E-state index is 12.2. The van der Waals surface area contributed by atoms with Gasteiger partial charge in [0.2, 0.25) is 0 Å². The van der Waals surface area contributed by atoms with Crippen molar-refractivity contribution in [3.8, 4) is 0 Å². The van der Waals surface area contributed by atoms with E-state index < -0.39 is 0 Å². The van der Waals surface area contributed by atoms with Gasteiger partial charge in [-0.15, -0.1) is 10.2 Å². The van der Waals surface area contributed by atoms with Crippen LogP contribution < -0.4 is 10.6 Å². The minimum atomic E-state index is -0.310. The summed E-state index contributed by atoms with van der Waals surface area (Å²) in [5.41, 5.74) is 2.03. The summed E-state index contributed by atoms with van der Waals surface area (Å²) in [6, 6.07) is 18.2. The van der Waals surface area contributed by atoms with Crippen molar-refractivity contribution in [1.82, 2.24) is 15.5 Å². The van der Waals surface area contributed by atoms with Gasteiger partial charge in [0.05, 0.1) is 0 Å². The van der Waals surface area contributed by atoms with Crippen LogP contribution in [0.4, 0.5) is 5.82 Å². The molecule has 0 aliphatic heterocycles. The van der Waals surface area contributed by atoms with E-state index in [0.29, 0.717) is 29.0 Å². The summed E-state index contributed by atoms with van der Waals surface area (Å²) in [7, 11) is 0. The Morgan fingerprint density at radius 1 is 0.808 bits per heavy atom. The van der Waals surface area contributed by atoms with Crippen molar-refractivity contribution in [3.05, 3.63) is 87.5 Å². The first-order valence-corrected chi connectivity index (χ1v) is 8.71. The third-order valence-corrected chi connectivity index (χ3v) is 4.45. The van der Waals surface area contributed by atoms with Crippen molar-refractivity contribution >= 4 is 34.9 Å². The summed E-state index contributed by atoms with van der Waals surface area (Å²) in [6.45, 7) is 0.846. The van der Waals surface area contributed by atoms with Crippen molar-refractivity contribution in [2.75, 3.05) is 5.32 Å². The van der Waals surface area contributed by atoms with E-state index in [2.05, 4.69) is 20.8 Å². The zero-order chi connectivity index (χ0) is 18.4. The van der Waals surface area contributed by atoms with E-state index in [4.69, 9.17) is 23.2 Å². The average Bonchev–Trinajstić information content (AvgIpc) is 2.67. The molecular formula is C19H16Cl2N4O. The second kappa shape index (κ2) is 8.65. The first kappa shape index (κ1) is 18.2. The molecule has 2 aromatic carbocycles. The Hall–Kier alpha value is -2.63. The molecule has 0 fully saturated rings. The zero-order valence-electron chi connectivity index (χ0n) is 13.7. The molecule has 0 atom stereocenters. The van der Waals surface area contributed by atoms with E-state index in [1.807, 2.05) is 42.5 Å². The number of benzene rings is 2. The lowest BCUT2D eigenvalue weighted by molar-refractivity contribution is 0.0945. The number of carbonyl (C=O) groups is 1. The van der Waals surface area contributed by atoms with Crippen molar-refractivity contribution in [2.24, 2.45) is 0 Å². The maximum Gasteiger partial charge on any atom is 0.272 e. The molecule has 0 aliphatic carbocycles. The summed E-state index contributed by atoms with van der Waals surface area (Å²) in [5.74, 6) is 0.252. The lowest BCUT2D eigenvalue weighted by atomic mass is 10.2. The number of carbonyl (C=O) groups excluding carboxylic acids is 1. The van der Waals surface area contributed by atoms with Crippen molar-refractivity contribution in [1.29, 1.82) is 0 Å². The minimum absolute atomic E-state index is 0.236. The normalized spacial score (nSPS) is 10.4. The number of anilines is 1. The molecule has 0 aliphatic rings. The topological polar surface area (TPSA) is 66.9 Å². The van der Waals surface area contributed by atoms with Crippen LogP contribution in [0.25, 0.3) is 0 Å². The van der Waals surface area contributed by atoms with Gasteiger partial charge in [-0.1, -0.05) is 59.6 Å². The van der Waals surface area contributed by atoms with Gasteiger partial charge in [0.25, 0.3) is 5.91 Å². The zero-order valence-corrected chi connectivity index (χ0v) is 15.3. The van der Waals surface area contributed by atoms with Crippen LogP contribution in [0, 0.1) is 0 Å². The maximum atomic E-state index is 12.2. The van der Waals surface area contributed by atoms with Crippen LogP contribution >= 0.6 is 23.2 Å². The molecule has 0 spiro atoms. The Kier molecular flexibility index (Phi) is 6.04. The minimum Gasteiger partial charge on any atom is -0.364 e. The van der Waals surface area contributed by atoms with Gasteiger partial charge in [0, 0.05) is 23.1 Å². The van der Waals surface area contributed by atoms with Gasteiger partial charge in [0.1, 0.15) is 5.82 Å². The number of halogens is 2.